The lowest BCUT2D eigenvalue weighted by atomic mass is 9.88. The number of benzene rings is 1. The SMILES string of the molecule is COc1cc(CC(=O)Nc2sc3c(c2C(N)=O)CC[C@H](C)C3)cc(OC)c1OC. The van der Waals surface area contributed by atoms with E-state index in [0.29, 0.717) is 39.3 Å². The Balaban J connectivity index is 1.84. The second kappa shape index (κ2) is 8.73. The first kappa shape index (κ1) is 21.0. The molecule has 1 aliphatic carbocycles. The van der Waals surface area contributed by atoms with Gasteiger partial charge >= 0.3 is 0 Å². The van der Waals surface area contributed by atoms with Crippen LogP contribution in [0.5, 0.6) is 17.2 Å². The van der Waals surface area contributed by atoms with Crippen molar-refractivity contribution >= 4 is 28.2 Å². The number of carbonyl (C=O) groups excluding carboxylic acids is 2. The molecule has 1 atom stereocenters. The predicted molar refractivity (Wildman–Crippen MR) is 112 cm³/mol. The van der Waals surface area contributed by atoms with E-state index in [2.05, 4.69) is 12.2 Å². The minimum atomic E-state index is -0.500. The summed E-state index contributed by atoms with van der Waals surface area (Å²) in [4.78, 5) is 25.9. The summed E-state index contributed by atoms with van der Waals surface area (Å²) < 4.78 is 16.0. The van der Waals surface area contributed by atoms with Crippen molar-refractivity contribution in [2.75, 3.05) is 26.6 Å². The molecule has 0 saturated carbocycles. The van der Waals surface area contributed by atoms with Gasteiger partial charge in [0, 0.05) is 4.88 Å². The fourth-order valence-corrected chi connectivity index (χ4v) is 5.13. The highest BCUT2D eigenvalue weighted by Gasteiger charge is 2.27. The average molecular weight is 419 g/mol. The molecule has 0 fully saturated rings. The van der Waals surface area contributed by atoms with E-state index in [9.17, 15) is 9.59 Å². The molecule has 1 aliphatic rings. The first-order valence-corrected chi connectivity index (χ1v) is 10.2. The van der Waals surface area contributed by atoms with Crippen molar-refractivity contribution in [3.63, 3.8) is 0 Å². The first-order valence-electron chi connectivity index (χ1n) is 9.41. The minimum absolute atomic E-state index is 0.0912. The van der Waals surface area contributed by atoms with Crippen molar-refractivity contribution in [1.82, 2.24) is 0 Å². The number of methoxy groups -OCH3 is 3. The van der Waals surface area contributed by atoms with Crippen LogP contribution in [-0.2, 0) is 24.1 Å². The first-order chi connectivity index (χ1) is 13.9. The van der Waals surface area contributed by atoms with Crippen LogP contribution in [-0.4, -0.2) is 33.1 Å². The fraction of sp³-hybridized carbons (Fsp3) is 0.429. The molecule has 0 radical (unpaired) electrons. The lowest BCUT2D eigenvalue weighted by Crippen LogP contribution is -2.20. The zero-order chi connectivity index (χ0) is 21.1. The van der Waals surface area contributed by atoms with Crippen LogP contribution in [0, 0.1) is 5.92 Å². The highest BCUT2D eigenvalue weighted by Crippen LogP contribution is 2.40. The van der Waals surface area contributed by atoms with E-state index in [4.69, 9.17) is 19.9 Å². The molecule has 3 N–H and O–H groups in total. The summed E-state index contributed by atoms with van der Waals surface area (Å²) in [7, 11) is 4.58. The second-order valence-corrected chi connectivity index (χ2v) is 8.28. The topological polar surface area (TPSA) is 99.9 Å². The van der Waals surface area contributed by atoms with Gasteiger partial charge in [-0.25, -0.2) is 0 Å². The van der Waals surface area contributed by atoms with Gasteiger partial charge in [0.1, 0.15) is 5.00 Å². The van der Waals surface area contributed by atoms with Gasteiger partial charge in [0.2, 0.25) is 11.7 Å². The molecule has 2 amide bonds. The van der Waals surface area contributed by atoms with E-state index < -0.39 is 5.91 Å². The number of nitrogens with one attached hydrogen (secondary N) is 1. The molecule has 156 valence electrons. The highest BCUT2D eigenvalue weighted by molar-refractivity contribution is 7.17. The van der Waals surface area contributed by atoms with Crippen LogP contribution in [0.25, 0.3) is 0 Å². The molecule has 0 spiro atoms. The number of amides is 2. The normalized spacial score (nSPS) is 15.4. The third kappa shape index (κ3) is 4.32. The largest absolute Gasteiger partial charge is 0.493 e. The summed E-state index contributed by atoms with van der Waals surface area (Å²) in [6.45, 7) is 2.19. The summed E-state index contributed by atoms with van der Waals surface area (Å²) in [6.07, 6.45) is 2.83. The monoisotopic (exact) mass is 418 g/mol. The average Bonchev–Trinajstić information content (AvgIpc) is 3.03. The molecule has 0 unspecified atom stereocenters. The Kier molecular flexibility index (Phi) is 6.32. The molecular weight excluding hydrogens is 392 g/mol. The highest BCUT2D eigenvalue weighted by atomic mass is 32.1. The summed E-state index contributed by atoms with van der Waals surface area (Å²) in [5.74, 6) is 1.24. The quantitative estimate of drug-likeness (QED) is 0.719. The van der Waals surface area contributed by atoms with E-state index in [1.54, 1.807) is 12.1 Å². The van der Waals surface area contributed by atoms with E-state index in [1.165, 1.54) is 32.7 Å². The lowest BCUT2D eigenvalue weighted by Gasteiger charge is -2.18. The summed E-state index contributed by atoms with van der Waals surface area (Å²) in [5, 5.41) is 3.42. The summed E-state index contributed by atoms with van der Waals surface area (Å²) in [5.41, 5.74) is 7.77. The van der Waals surface area contributed by atoms with Crippen LogP contribution in [0.1, 0.15) is 39.7 Å². The number of ether oxygens (including phenoxy) is 3. The molecule has 0 aliphatic heterocycles. The van der Waals surface area contributed by atoms with Crippen molar-refractivity contribution < 1.29 is 23.8 Å². The Labute approximate surface area is 174 Å². The van der Waals surface area contributed by atoms with E-state index in [-0.39, 0.29) is 12.3 Å². The van der Waals surface area contributed by atoms with Gasteiger partial charge in [0.25, 0.3) is 5.91 Å². The third-order valence-electron chi connectivity index (χ3n) is 5.10. The van der Waals surface area contributed by atoms with Crippen LogP contribution in [0.4, 0.5) is 5.00 Å². The second-order valence-electron chi connectivity index (χ2n) is 7.18. The molecule has 7 nitrogen and oxygen atoms in total. The number of thiophene rings is 1. The van der Waals surface area contributed by atoms with E-state index in [1.807, 2.05) is 0 Å². The standard InChI is InChI=1S/C21H26N2O5S/c1-11-5-6-13-16(7-11)29-21(18(13)20(22)25)23-17(24)10-12-8-14(26-2)19(28-4)15(9-12)27-3/h8-9,11H,5-7,10H2,1-4H3,(H2,22,25)(H,23,24)/t11-/m0/s1. The third-order valence-corrected chi connectivity index (χ3v) is 6.27. The number of rotatable bonds is 7. The van der Waals surface area contributed by atoms with Crippen molar-refractivity contribution in [1.29, 1.82) is 0 Å². The Hall–Kier alpha value is -2.74. The zero-order valence-corrected chi connectivity index (χ0v) is 17.9. The van der Waals surface area contributed by atoms with Crippen LogP contribution >= 0.6 is 11.3 Å². The van der Waals surface area contributed by atoms with Crippen LogP contribution < -0.4 is 25.3 Å². The number of carbonyl (C=O) groups is 2. The summed E-state index contributed by atoms with van der Waals surface area (Å²) in [6, 6.07) is 3.47. The Bertz CT molecular complexity index is 912. The molecule has 1 aromatic heterocycles. The van der Waals surface area contributed by atoms with Crippen LogP contribution in [0.3, 0.4) is 0 Å². The van der Waals surface area contributed by atoms with Gasteiger partial charge in [-0.1, -0.05) is 6.92 Å². The number of hydrogen-bond donors (Lipinski definition) is 2. The Morgan fingerprint density at radius 3 is 2.38 bits per heavy atom. The van der Waals surface area contributed by atoms with Gasteiger partial charge in [-0.05, 0) is 48.4 Å². The van der Waals surface area contributed by atoms with Crippen molar-refractivity contribution in [2.24, 2.45) is 11.7 Å². The van der Waals surface area contributed by atoms with Crippen LogP contribution in [0.2, 0.25) is 0 Å². The number of nitrogens with two attached hydrogens (primary N) is 1. The molecule has 8 heteroatoms. The minimum Gasteiger partial charge on any atom is -0.493 e. The Morgan fingerprint density at radius 2 is 1.83 bits per heavy atom. The zero-order valence-electron chi connectivity index (χ0n) is 17.1. The number of fused-ring (bicyclic) bond motifs is 1. The molecule has 1 heterocycles. The molecule has 29 heavy (non-hydrogen) atoms. The maximum Gasteiger partial charge on any atom is 0.251 e. The number of primary amides is 1. The van der Waals surface area contributed by atoms with E-state index >= 15 is 0 Å². The maximum atomic E-state index is 12.7. The van der Waals surface area contributed by atoms with Crippen molar-refractivity contribution in [3.05, 3.63) is 33.7 Å². The smallest absolute Gasteiger partial charge is 0.251 e. The van der Waals surface area contributed by atoms with Gasteiger partial charge in [-0.15, -0.1) is 11.3 Å². The lowest BCUT2D eigenvalue weighted by molar-refractivity contribution is -0.115. The van der Waals surface area contributed by atoms with Crippen LogP contribution in [0.15, 0.2) is 12.1 Å². The molecule has 0 saturated heterocycles. The fourth-order valence-electron chi connectivity index (χ4n) is 3.69. The van der Waals surface area contributed by atoms with Gasteiger partial charge in [0.15, 0.2) is 11.5 Å². The van der Waals surface area contributed by atoms with Gasteiger partial charge in [-0.2, -0.15) is 0 Å². The summed E-state index contributed by atoms with van der Waals surface area (Å²) >= 11 is 1.45. The van der Waals surface area contributed by atoms with Crippen molar-refractivity contribution in [2.45, 2.75) is 32.6 Å². The molecular formula is C21H26N2O5S. The molecule has 1 aromatic carbocycles. The van der Waals surface area contributed by atoms with Gasteiger partial charge < -0.3 is 25.3 Å². The molecule has 3 rings (SSSR count). The molecule has 0 bridgehead atoms. The Morgan fingerprint density at radius 1 is 1.17 bits per heavy atom. The number of hydrogen-bond acceptors (Lipinski definition) is 6. The molecule has 2 aromatic rings. The van der Waals surface area contributed by atoms with Gasteiger partial charge in [0.05, 0.1) is 33.3 Å². The van der Waals surface area contributed by atoms with E-state index in [0.717, 1.165) is 29.7 Å². The predicted octanol–water partition coefficient (Wildman–Crippen LogP) is 3.18. The van der Waals surface area contributed by atoms with Gasteiger partial charge in [-0.3, -0.25) is 9.59 Å². The number of anilines is 1. The maximum absolute atomic E-state index is 12.7. The van der Waals surface area contributed by atoms with Crippen molar-refractivity contribution in [3.8, 4) is 17.2 Å².